The maximum Gasteiger partial charge on any atom is 0.163 e. The molecule has 0 radical (unpaired) electrons. The van der Waals surface area contributed by atoms with Crippen molar-refractivity contribution in [3.63, 3.8) is 0 Å². The molecule has 0 amide bonds. The molecule has 2 aromatic rings. The van der Waals surface area contributed by atoms with Crippen LogP contribution in [0, 0.1) is 0 Å². The van der Waals surface area contributed by atoms with Crippen LogP contribution in [0.5, 0.6) is 11.5 Å². The average molecular weight is 335 g/mol. The Balaban J connectivity index is 1.90. The van der Waals surface area contributed by atoms with E-state index >= 15 is 0 Å². The molecule has 104 valence electrons. The number of fused-ring (bicyclic) bond motifs is 1. The highest BCUT2D eigenvalue weighted by atomic mass is 79.9. The third-order valence-electron chi connectivity index (χ3n) is 3.17. The second kappa shape index (κ2) is 5.71. The Morgan fingerprint density at radius 2 is 1.90 bits per heavy atom. The zero-order valence-corrected chi connectivity index (χ0v) is 12.8. The van der Waals surface area contributed by atoms with Crippen molar-refractivity contribution in [2.45, 2.75) is 6.42 Å². The Bertz CT molecular complexity index is 601. The van der Waals surface area contributed by atoms with Crippen molar-refractivity contribution in [2.24, 2.45) is 0 Å². The van der Waals surface area contributed by atoms with Crippen LogP contribution in [0.2, 0.25) is 0 Å². The number of ether oxygens (including phenoxy) is 2. The summed E-state index contributed by atoms with van der Waals surface area (Å²) in [6, 6.07) is 9.89. The van der Waals surface area contributed by atoms with Crippen molar-refractivity contribution < 1.29 is 9.47 Å². The molecule has 1 aliphatic rings. The summed E-state index contributed by atoms with van der Waals surface area (Å²) in [5.41, 5.74) is 1.02. The predicted molar refractivity (Wildman–Crippen MR) is 82.0 cm³/mol. The second-order valence-corrected chi connectivity index (χ2v) is 5.49. The minimum Gasteiger partial charge on any atom is -0.490 e. The number of anilines is 2. The minimum absolute atomic E-state index is 0.691. The fourth-order valence-electron chi connectivity index (χ4n) is 2.06. The first-order chi connectivity index (χ1) is 9.74. The zero-order valence-electron chi connectivity index (χ0n) is 11.2. The van der Waals surface area contributed by atoms with Crippen molar-refractivity contribution in [1.82, 2.24) is 4.98 Å². The van der Waals surface area contributed by atoms with E-state index in [4.69, 9.17) is 9.47 Å². The molecule has 0 atom stereocenters. The fourth-order valence-corrected chi connectivity index (χ4v) is 2.29. The van der Waals surface area contributed by atoms with Crippen LogP contribution < -0.4 is 14.4 Å². The zero-order chi connectivity index (χ0) is 13.9. The number of aromatic nitrogens is 1. The Morgan fingerprint density at radius 1 is 1.10 bits per heavy atom. The first kappa shape index (κ1) is 13.2. The van der Waals surface area contributed by atoms with Gasteiger partial charge in [0.1, 0.15) is 5.82 Å². The molecule has 1 aromatic carbocycles. The van der Waals surface area contributed by atoms with Crippen LogP contribution in [0.15, 0.2) is 41.0 Å². The summed E-state index contributed by atoms with van der Waals surface area (Å²) in [6.45, 7) is 1.40. The van der Waals surface area contributed by atoms with Gasteiger partial charge in [0.25, 0.3) is 0 Å². The van der Waals surface area contributed by atoms with Gasteiger partial charge in [0.05, 0.1) is 13.2 Å². The van der Waals surface area contributed by atoms with E-state index in [2.05, 4.69) is 20.9 Å². The molecule has 0 unspecified atom stereocenters. The Kier molecular flexibility index (Phi) is 3.78. The fraction of sp³-hybridized carbons (Fsp3) is 0.267. The van der Waals surface area contributed by atoms with Crippen LogP contribution in [-0.4, -0.2) is 25.2 Å². The van der Waals surface area contributed by atoms with Gasteiger partial charge in [-0.2, -0.15) is 0 Å². The van der Waals surface area contributed by atoms with Crippen molar-refractivity contribution in [2.75, 3.05) is 25.2 Å². The molecular formula is C15H15BrN2O2. The monoisotopic (exact) mass is 334 g/mol. The van der Waals surface area contributed by atoms with Crippen molar-refractivity contribution >= 4 is 27.4 Å². The lowest BCUT2D eigenvalue weighted by atomic mass is 10.2. The van der Waals surface area contributed by atoms with Crippen molar-refractivity contribution in [1.29, 1.82) is 0 Å². The number of rotatable bonds is 2. The van der Waals surface area contributed by atoms with E-state index in [1.807, 2.05) is 42.3 Å². The van der Waals surface area contributed by atoms with Gasteiger partial charge >= 0.3 is 0 Å². The molecule has 0 fully saturated rings. The standard InChI is InChI=1S/C15H15BrN2O2/c1-18(15-6-3-11(16)10-17-15)12-4-5-13-14(9-12)20-8-2-7-19-13/h3-6,9-10H,2,7-8H2,1H3. The summed E-state index contributed by atoms with van der Waals surface area (Å²) >= 11 is 3.39. The van der Waals surface area contributed by atoms with Gasteiger partial charge in [0.2, 0.25) is 0 Å². The minimum atomic E-state index is 0.691. The molecule has 3 rings (SSSR count). The normalized spacial score (nSPS) is 13.7. The summed E-state index contributed by atoms with van der Waals surface area (Å²) < 4.78 is 12.3. The van der Waals surface area contributed by atoms with Crippen LogP contribution in [0.25, 0.3) is 0 Å². The summed E-state index contributed by atoms with van der Waals surface area (Å²) in [5.74, 6) is 2.48. The van der Waals surface area contributed by atoms with Crippen LogP contribution in [-0.2, 0) is 0 Å². The largest absolute Gasteiger partial charge is 0.490 e. The van der Waals surface area contributed by atoms with Crippen LogP contribution in [0.3, 0.4) is 0 Å². The summed E-state index contributed by atoms with van der Waals surface area (Å²) in [4.78, 5) is 6.41. The third-order valence-corrected chi connectivity index (χ3v) is 3.64. The first-order valence-electron chi connectivity index (χ1n) is 6.49. The quantitative estimate of drug-likeness (QED) is 0.837. The number of halogens is 1. The summed E-state index contributed by atoms with van der Waals surface area (Å²) in [5, 5.41) is 0. The number of hydrogen-bond donors (Lipinski definition) is 0. The van der Waals surface area contributed by atoms with Gasteiger partial charge in [-0.3, -0.25) is 0 Å². The molecule has 0 aliphatic carbocycles. The molecular weight excluding hydrogens is 320 g/mol. The lowest BCUT2D eigenvalue weighted by molar-refractivity contribution is 0.297. The molecule has 1 aliphatic heterocycles. The lowest BCUT2D eigenvalue weighted by Crippen LogP contribution is -2.11. The molecule has 0 saturated heterocycles. The summed E-state index contributed by atoms with van der Waals surface area (Å²) in [7, 11) is 1.98. The summed E-state index contributed by atoms with van der Waals surface area (Å²) in [6.07, 6.45) is 2.70. The third kappa shape index (κ3) is 2.72. The topological polar surface area (TPSA) is 34.6 Å². The highest BCUT2D eigenvalue weighted by Crippen LogP contribution is 2.35. The number of nitrogens with zero attached hydrogens (tertiary/aromatic N) is 2. The smallest absolute Gasteiger partial charge is 0.163 e. The van der Waals surface area contributed by atoms with Crippen LogP contribution in [0.4, 0.5) is 11.5 Å². The molecule has 20 heavy (non-hydrogen) atoms. The highest BCUT2D eigenvalue weighted by Gasteiger charge is 2.13. The molecule has 0 bridgehead atoms. The van der Waals surface area contributed by atoms with Gasteiger partial charge in [0.15, 0.2) is 11.5 Å². The predicted octanol–water partition coefficient (Wildman–Crippen LogP) is 3.77. The van der Waals surface area contributed by atoms with E-state index in [0.717, 1.165) is 33.9 Å². The first-order valence-corrected chi connectivity index (χ1v) is 7.28. The van der Waals surface area contributed by atoms with Gasteiger partial charge in [-0.05, 0) is 40.2 Å². The van der Waals surface area contributed by atoms with Crippen LogP contribution in [0.1, 0.15) is 6.42 Å². The maximum absolute atomic E-state index is 5.71. The SMILES string of the molecule is CN(c1ccc2c(c1)OCCCO2)c1ccc(Br)cn1. The number of hydrogen-bond acceptors (Lipinski definition) is 4. The van der Waals surface area contributed by atoms with E-state index in [1.165, 1.54) is 0 Å². The van der Waals surface area contributed by atoms with Crippen molar-refractivity contribution in [3.8, 4) is 11.5 Å². The van der Waals surface area contributed by atoms with E-state index in [1.54, 1.807) is 6.20 Å². The van der Waals surface area contributed by atoms with Gasteiger partial charge in [0, 0.05) is 35.9 Å². The van der Waals surface area contributed by atoms with Gasteiger partial charge in [-0.1, -0.05) is 0 Å². The molecule has 0 spiro atoms. The number of benzene rings is 1. The van der Waals surface area contributed by atoms with Gasteiger partial charge in [-0.15, -0.1) is 0 Å². The van der Waals surface area contributed by atoms with Gasteiger partial charge in [-0.25, -0.2) is 4.98 Å². The van der Waals surface area contributed by atoms with E-state index in [9.17, 15) is 0 Å². The number of pyridine rings is 1. The molecule has 0 N–H and O–H groups in total. The van der Waals surface area contributed by atoms with Gasteiger partial charge < -0.3 is 14.4 Å². The molecule has 1 aromatic heterocycles. The average Bonchev–Trinajstić information content (AvgIpc) is 2.71. The lowest BCUT2D eigenvalue weighted by Gasteiger charge is -2.19. The Labute approximate surface area is 126 Å². The highest BCUT2D eigenvalue weighted by molar-refractivity contribution is 9.10. The Hall–Kier alpha value is -1.75. The molecule has 2 heterocycles. The van der Waals surface area contributed by atoms with Crippen molar-refractivity contribution in [3.05, 3.63) is 41.0 Å². The Morgan fingerprint density at radius 3 is 2.65 bits per heavy atom. The van der Waals surface area contributed by atoms with E-state index < -0.39 is 0 Å². The van der Waals surface area contributed by atoms with E-state index in [0.29, 0.717) is 13.2 Å². The van der Waals surface area contributed by atoms with E-state index in [-0.39, 0.29) is 0 Å². The van der Waals surface area contributed by atoms with Crippen LogP contribution >= 0.6 is 15.9 Å². The molecule has 4 nitrogen and oxygen atoms in total. The second-order valence-electron chi connectivity index (χ2n) is 4.58. The molecule has 5 heteroatoms. The maximum atomic E-state index is 5.71. The molecule has 0 saturated carbocycles.